The van der Waals surface area contributed by atoms with Crippen LogP contribution in [0, 0.1) is 15.2 Å². The van der Waals surface area contributed by atoms with E-state index < -0.39 is 23.8 Å². The van der Waals surface area contributed by atoms with E-state index in [2.05, 4.69) is 10.4 Å². The van der Waals surface area contributed by atoms with E-state index in [0.717, 1.165) is 17.7 Å². The molecule has 2 aromatic carbocycles. The van der Waals surface area contributed by atoms with E-state index in [4.69, 9.17) is 4.74 Å². The van der Waals surface area contributed by atoms with Crippen LogP contribution >= 0.6 is 22.6 Å². The predicted octanol–water partition coefficient (Wildman–Crippen LogP) is 5.28. The highest BCUT2D eigenvalue weighted by molar-refractivity contribution is 14.1. The SMILES string of the molecule is C[C@@H](OC(=O)Nc1c(-c2cc(F)c(I)cc2F)cnn1C)c1ccccc1. The maximum atomic E-state index is 14.3. The first-order chi connectivity index (χ1) is 12.9. The van der Waals surface area contributed by atoms with E-state index in [-0.39, 0.29) is 20.5 Å². The molecular weight excluding hydrogens is 467 g/mol. The van der Waals surface area contributed by atoms with Crippen LogP contribution < -0.4 is 5.32 Å². The molecular formula is C19H16F2IN3O2. The monoisotopic (exact) mass is 483 g/mol. The van der Waals surface area contributed by atoms with Crippen LogP contribution in [0.3, 0.4) is 0 Å². The minimum atomic E-state index is -0.720. The number of aromatic nitrogens is 2. The van der Waals surface area contributed by atoms with Crippen molar-refractivity contribution in [2.45, 2.75) is 13.0 Å². The third-order valence-electron chi connectivity index (χ3n) is 4.01. The summed E-state index contributed by atoms with van der Waals surface area (Å²) in [5, 5.41) is 6.60. The van der Waals surface area contributed by atoms with E-state index in [1.165, 1.54) is 10.9 Å². The molecule has 140 valence electrons. The number of carbonyl (C=O) groups is 1. The summed E-state index contributed by atoms with van der Waals surface area (Å²) in [5.74, 6) is -0.954. The summed E-state index contributed by atoms with van der Waals surface area (Å²) in [6.45, 7) is 1.74. The molecule has 0 aliphatic rings. The molecule has 0 radical (unpaired) electrons. The van der Waals surface area contributed by atoms with E-state index in [1.54, 1.807) is 36.6 Å². The van der Waals surface area contributed by atoms with E-state index in [0.29, 0.717) is 0 Å². The lowest BCUT2D eigenvalue weighted by atomic mass is 10.1. The molecule has 0 unspecified atom stereocenters. The van der Waals surface area contributed by atoms with Crippen LogP contribution in [0.15, 0.2) is 48.7 Å². The summed E-state index contributed by atoms with van der Waals surface area (Å²) in [6, 6.07) is 11.4. The maximum absolute atomic E-state index is 14.3. The van der Waals surface area contributed by atoms with Gasteiger partial charge in [0.1, 0.15) is 23.6 Å². The van der Waals surface area contributed by atoms with Gasteiger partial charge in [0.15, 0.2) is 0 Å². The summed E-state index contributed by atoms with van der Waals surface area (Å²) in [6.07, 6.45) is 0.166. The molecule has 0 saturated carbocycles. The van der Waals surface area contributed by atoms with Crippen molar-refractivity contribution in [3.63, 3.8) is 0 Å². The van der Waals surface area contributed by atoms with E-state index >= 15 is 0 Å². The number of halogens is 3. The van der Waals surface area contributed by atoms with Gasteiger partial charge in [-0.2, -0.15) is 5.10 Å². The Kier molecular flexibility index (Phi) is 5.73. The first-order valence-corrected chi connectivity index (χ1v) is 9.14. The number of amides is 1. The third-order valence-corrected chi connectivity index (χ3v) is 4.84. The molecule has 1 amide bonds. The quantitative estimate of drug-likeness (QED) is 0.406. The molecule has 8 heteroatoms. The van der Waals surface area contributed by atoms with Crippen molar-refractivity contribution in [2.75, 3.05) is 5.32 Å². The summed E-state index contributed by atoms with van der Waals surface area (Å²) < 4.78 is 35.1. The first-order valence-electron chi connectivity index (χ1n) is 8.06. The van der Waals surface area contributed by atoms with Gasteiger partial charge in [-0.3, -0.25) is 10.00 Å². The number of aryl methyl sites for hydroxylation is 1. The lowest BCUT2D eigenvalue weighted by Gasteiger charge is -2.15. The maximum Gasteiger partial charge on any atom is 0.413 e. The number of ether oxygens (including phenoxy) is 1. The molecule has 0 spiro atoms. The third kappa shape index (κ3) is 4.26. The molecule has 0 aliphatic heterocycles. The van der Waals surface area contributed by atoms with Gasteiger partial charge in [-0.05, 0) is 47.2 Å². The van der Waals surface area contributed by atoms with Crippen molar-refractivity contribution in [2.24, 2.45) is 7.05 Å². The fraction of sp³-hybridized carbons (Fsp3) is 0.158. The Morgan fingerprint density at radius 2 is 1.89 bits per heavy atom. The van der Waals surface area contributed by atoms with Crippen molar-refractivity contribution in [1.29, 1.82) is 0 Å². The number of hydrogen-bond donors (Lipinski definition) is 1. The zero-order chi connectivity index (χ0) is 19.6. The molecule has 5 nitrogen and oxygen atoms in total. The summed E-state index contributed by atoms with van der Waals surface area (Å²) >= 11 is 1.71. The molecule has 27 heavy (non-hydrogen) atoms. The zero-order valence-corrected chi connectivity index (χ0v) is 16.7. The smallest absolute Gasteiger partial charge is 0.413 e. The van der Waals surface area contributed by atoms with Gasteiger partial charge in [-0.1, -0.05) is 30.3 Å². The molecule has 0 bridgehead atoms. The minimum Gasteiger partial charge on any atom is -0.441 e. The van der Waals surface area contributed by atoms with Gasteiger partial charge in [0.25, 0.3) is 0 Å². The van der Waals surface area contributed by atoms with Gasteiger partial charge in [-0.15, -0.1) is 0 Å². The van der Waals surface area contributed by atoms with Crippen LogP contribution in [0.2, 0.25) is 0 Å². The predicted molar refractivity (Wildman–Crippen MR) is 106 cm³/mol. The Morgan fingerprint density at radius 1 is 1.19 bits per heavy atom. The van der Waals surface area contributed by atoms with Crippen LogP contribution in [-0.4, -0.2) is 15.9 Å². The Labute approximate surface area is 168 Å². The van der Waals surface area contributed by atoms with Crippen LogP contribution in [0.25, 0.3) is 11.1 Å². The molecule has 0 saturated heterocycles. The van der Waals surface area contributed by atoms with Crippen LogP contribution in [-0.2, 0) is 11.8 Å². The topological polar surface area (TPSA) is 56.1 Å². The number of hydrogen-bond acceptors (Lipinski definition) is 3. The molecule has 1 N–H and O–H groups in total. The molecule has 1 atom stereocenters. The number of anilines is 1. The van der Waals surface area contributed by atoms with Gasteiger partial charge in [0, 0.05) is 18.2 Å². The second-order valence-corrected chi connectivity index (χ2v) is 7.02. The average molecular weight is 483 g/mol. The molecule has 0 aliphatic carbocycles. The molecule has 3 rings (SSSR count). The fourth-order valence-electron chi connectivity index (χ4n) is 2.59. The highest BCUT2D eigenvalue weighted by Crippen LogP contribution is 2.32. The first kappa shape index (κ1) is 19.3. The summed E-state index contributed by atoms with van der Waals surface area (Å²) in [4.78, 5) is 12.3. The highest BCUT2D eigenvalue weighted by Gasteiger charge is 2.20. The van der Waals surface area contributed by atoms with Gasteiger partial charge in [0.2, 0.25) is 0 Å². The number of nitrogens with one attached hydrogen (secondary N) is 1. The second kappa shape index (κ2) is 8.03. The lowest BCUT2D eigenvalue weighted by Crippen LogP contribution is -2.18. The van der Waals surface area contributed by atoms with Crippen molar-refractivity contribution < 1.29 is 18.3 Å². The van der Waals surface area contributed by atoms with Crippen LogP contribution in [0.4, 0.5) is 19.4 Å². The number of nitrogens with zero attached hydrogens (tertiary/aromatic N) is 2. The Bertz CT molecular complexity index is 977. The molecule has 1 aromatic heterocycles. The Balaban J connectivity index is 1.83. The summed E-state index contributed by atoms with van der Waals surface area (Å²) in [7, 11) is 1.58. The largest absolute Gasteiger partial charge is 0.441 e. The van der Waals surface area contributed by atoms with Gasteiger partial charge in [-0.25, -0.2) is 13.6 Å². The highest BCUT2D eigenvalue weighted by atomic mass is 127. The van der Waals surface area contributed by atoms with Crippen molar-refractivity contribution in [1.82, 2.24) is 9.78 Å². The molecule has 3 aromatic rings. The van der Waals surface area contributed by atoms with Crippen LogP contribution in [0.1, 0.15) is 18.6 Å². The van der Waals surface area contributed by atoms with Crippen molar-refractivity contribution in [3.8, 4) is 11.1 Å². The zero-order valence-electron chi connectivity index (χ0n) is 14.5. The number of rotatable bonds is 4. The number of carbonyl (C=O) groups excluding carboxylic acids is 1. The Morgan fingerprint density at radius 3 is 2.59 bits per heavy atom. The van der Waals surface area contributed by atoms with Crippen molar-refractivity contribution >= 4 is 34.5 Å². The second-order valence-electron chi connectivity index (χ2n) is 5.86. The van der Waals surface area contributed by atoms with E-state index in [1.807, 2.05) is 30.3 Å². The fourth-order valence-corrected chi connectivity index (χ4v) is 3.02. The van der Waals surface area contributed by atoms with Gasteiger partial charge in [0.05, 0.1) is 9.77 Å². The molecule has 0 fully saturated rings. The van der Waals surface area contributed by atoms with E-state index in [9.17, 15) is 13.6 Å². The van der Waals surface area contributed by atoms with Gasteiger partial charge < -0.3 is 4.74 Å². The van der Waals surface area contributed by atoms with Gasteiger partial charge >= 0.3 is 6.09 Å². The number of benzene rings is 2. The average Bonchev–Trinajstić information content (AvgIpc) is 2.99. The minimum absolute atomic E-state index is 0.00687. The standard InChI is InChI=1S/C19H16F2IN3O2/c1-11(12-6-4-3-5-7-12)27-19(26)24-18-14(10-23-25(18)2)13-8-16(21)17(22)9-15(13)20/h3-11H,1-2H3,(H,24,26)/t11-/m1/s1. The van der Waals surface area contributed by atoms with Crippen molar-refractivity contribution in [3.05, 3.63) is 69.4 Å². The summed E-state index contributed by atoms with van der Waals surface area (Å²) in [5.41, 5.74) is 1.10. The van der Waals surface area contributed by atoms with Crippen LogP contribution in [0.5, 0.6) is 0 Å². The molecule has 1 heterocycles. The Hall–Kier alpha value is -2.49. The lowest BCUT2D eigenvalue weighted by molar-refractivity contribution is 0.121. The normalized spacial score (nSPS) is 11.9.